The van der Waals surface area contributed by atoms with Crippen molar-refractivity contribution in [2.45, 2.75) is 0 Å². The zero-order valence-corrected chi connectivity index (χ0v) is 3.87. The topological polar surface area (TPSA) is 0 Å². The van der Waals surface area contributed by atoms with E-state index in [0.717, 1.165) is 0 Å². The summed E-state index contributed by atoms with van der Waals surface area (Å²) in [6.07, 6.45) is 5.87. The maximum Gasteiger partial charge on any atom is 0.0882 e. The second-order valence-corrected chi connectivity index (χ2v) is 0.375. The first-order valence-corrected chi connectivity index (χ1v) is 1.00. The minimum atomic E-state index is 0. The monoisotopic (exact) mass is 111 g/mol. The quantitative estimate of drug-likeness (QED) is 0.229. The summed E-state index contributed by atoms with van der Waals surface area (Å²) in [7, 11) is 2.60. The molecule has 0 aliphatic heterocycles. The predicted octanol–water partition coefficient (Wildman–Crippen LogP) is -0.300. The number of hydrogen-bond acceptors (Lipinski definition) is 0. The van der Waals surface area contributed by atoms with Crippen molar-refractivity contribution in [3.8, 4) is 5.54 Å². The Morgan fingerprint density at radius 2 is 1.75 bits per heavy atom. The Hall–Kier alpha value is 0.283. The average Bonchev–Trinajstić information content (AvgIpc) is 0.918. The minimum absolute atomic E-state index is 0. The van der Waals surface area contributed by atoms with Crippen LogP contribution in [0.2, 0.25) is 0 Å². The standard InChI is InChI=1S/C2Si.Co/c1-2-3;/q-1;. The second kappa shape index (κ2) is 10.4. The summed E-state index contributed by atoms with van der Waals surface area (Å²) in [6, 6.07) is 0. The molecule has 0 saturated carbocycles. The number of hydrogen-bond donors (Lipinski definition) is 0. The van der Waals surface area contributed by atoms with E-state index in [-0.39, 0.29) is 16.8 Å². The normalized spacial score (nSPS) is 2.00. The van der Waals surface area contributed by atoms with Crippen LogP contribution in [0.15, 0.2) is 0 Å². The third-order valence-electron chi connectivity index (χ3n) is 0. The van der Waals surface area contributed by atoms with Crippen molar-refractivity contribution < 1.29 is 16.8 Å². The van der Waals surface area contributed by atoms with Crippen molar-refractivity contribution in [3.63, 3.8) is 0 Å². The Kier molecular flexibility index (Phi) is 23.0. The number of rotatable bonds is 0. The van der Waals surface area contributed by atoms with Gasteiger partial charge in [-0.2, -0.15) is 0 Å². The SMILES string of the molecule is [C-]#C[Si].[Co]. The van der Waals surface area contributed by atoms with Gasteiger partial charge in [-0.15, -0.1) is 0 Å². The molecule has 22 valence electrons. The molecule has 4 radical (unpaired) electrons. The fourth-order valence-electron chi connectivity index (χ4n) is 0. The first-order chi connectivity index (χ1) is 1.41. The van der Waals surface area contributed by atoms with Gasteiger partial charge in [0.05, 0.1) is 10.2 Å². The van der Waals surface area contributed by atoms with Crippen LogP contribution < -0.4 is 0 Å². The van der Waals surface area contributed by atoms with Crippen LogP contribution in [0, 0.1) is 12.0 Å². The molecule has 0 aliphatic rings. The summed E-state index contributed by atoms with van der Waals surface area (Å²) in [4.78, 5) is 0. The van der Waals surface area contributed by atoms with Gasteiger partial charge in [0.1, 0.15) is 0 Å². The van der Waals surface area contributed by atoms with Gasteiger partial charge in [0.25, 0.3) is 0 Å². The van der Waals surface area contributed by atoms with Crippen LogP contribution in [0.1, 0.15) is 0 Å². The average molecular weight is 111 g/mol. The summed E-state index contributed by atoms with van der Waals surface area (Å²) in [5, 5.41) is 0. The van der Waals surface area contributed by atoms with Crippen LogP contribution in [0.25, 0.3) is 0 Å². The zero-order chi connectivity index (χ0) is 2.71. The summed E-state index contributed by atoms with van der Waals surface area (Å²) in [6.45, 7) is 0. The maximum atomic E-state index is 5.87. The predicted molar refractivity (Wildman–Crippen MR) is 12.9 cm³/mol. The van der Waals surface area contributed by atoms with E-state index in [4.69, 9.17) is 6.42 Å². The first kappa shape index (κ1) is 8.86. The van der Waals surface area contributed by atoms with E-state index in [0.29, 0.717) is 0 Å². The second-order valence-electron chi connectivity index (χ2n) is 0.125. The van der Waals surface area contributed by atoms with Gasteiger partial charge >= 0.3 is 0 Å². The first-order valence-electron chi connectivity index (χ1n) is 0.500. The Balaban J connectivity index is 0. The van der Waals surface area contributed by atoms with Gasteiger partial charge in [0.15, 0.2) is 0 Å². The van der Waals surface area contributed by atoms with Crippen LogP contribution in [-0.4, -0.2) is 10.2 Å². The molecule has 0 bridgehead atoms. The summed E-state index contributed by atoms with van der Waals surface area (Å²) in [5.41, 5.74) is 1.81. The molecule has 0 heterocycles. The third kappa shape index (κ3) is 46.8. The van der Waals surface area contributed by atoms with E-state index in [1.807, 2.05) is 0 Å². The Labute approximate surface area is 39.6 Å². The van der Waals surface area contributed by atoms with Gasteiger partial charge in [-0.25, -0.2) is 0 Å². The van der Waals surface area contributed by atoms with E-state index < -0.39 is 0 Å². The van der Waals surface area contributed by atoms with Gasteiger partial charge in [-0.05, 0) is 0 Å². The molecule has 0 aromatic heterocycles. The molecule has 0 saturated heterocycles. The van der Waals surface area contributed by atoms with Crippen molar-refractivity contribution in [1.82, 2.24) is 0 Å². The fraction of sp³-hybridized carbons (Fsp3) is 0. The molecular formula is C2CoSi-. The van der Waals surface area contributed by atoms with Gasteiger partial charge in [-0.1, -0.05) is 0 Å². The molecule has 0 nitrogen and oxygen atoms in total. The van der Waals surface area contributed by atoms with E-state index in [2.05, 4.69) is 10.2 Å². The van der Waals surface area contributed by atoms with Crippen molar-refractivity contribution in [1.29, 1.82) is 0 Å². The smallest absolute Gasteiger partial charge is 0.0882 e. The van der Waals surface area contributed by atoms with Crippen molar-refractivity contribution in [2.24, 2.45) is 0 Å². The fourth-order valence-corrected chi connectivity index (χ4v) is 0. The Morgan fingerprint density at radius 1 is 1.75 bits per heavy atom. The molecule has 0 aromatic rings. The molecular weight excluding hydrogens is 111 g/mol. The van der Waals surface area contributed by atoms with Crippen LogP contribution in [-0.2, 0) is 16.8 Å². The molecule has 0 fully saturated rings. The van der Waals surface area contributed by atoms with Crippen molar-refractivity contribution in [3.05, 3.63) is 6.42 Å². The summed E-state index contributed by atoms with van der Waals surface area (Å²) >= 11 is 0. The van der Waals surface area contributed by atoms with Gasteiger partial charge in [0.2, 0.25) is 0 Å². The van der Waals surface area contributed by atoms with Crippen molar-refractivity contribution in [2.75, 3.05) is 0 Å². The molecule has 0 amide bonds. The van der Waals surface area contributed by atoms with Gasteiger partial charge in [0, 0.05) is 16.8 Å². The zero-order valence-electron chi connectivity index (χ0n) is 1.83. The van der Waals surface area contributed by atoms with E-state index in [1.54, 1.807) is 5.54 Å². The molecule has 0 aliphatic carbocycles. The van der Waals surface area contributed by atoms with Crippen LogP contribution in [0.3, 0.4) is 0 Å². The van der Waals surface area contributed by atoms with Crippen LogP contribution in [0.4, 0.5) is 0 Å². The molecule has 0 spiro atoms. The Morgan fingerprint density at radius 3 is 1.75 bits per heavy atom. The van der Waals surface area contributed by atoms with E-state index in [9.17, 15) is 0 Å². The Bertz CT molecular complexity index is 27.5. The van der Waals surface area contributed by atoms with E-state index >= 15 is 0 Å². The van der Waals surface area contributed by atoms with Crippen LogP contribution in [0.5, 0.6) is 0 Å². The van der Waals surface area contributed by atoms with Crippen LogP contribution >= 0.6 is 0 Å². The largest absolute Gasteiger partial charge is 0.701 e. The third-order valence-corrected chi connectivity index (χ3v) is 0. The summed E-state index contributed by atoms with van der Waals surface area (Å²) < 4.78 is 0. The molecule has 0 atom stereocenters. The molecule has 2 heteroatoms. The molecule has 4 heavy (non-hydrogen) atoms. The molecule has 0 unspecified atom stereocenters. The molecule has 0 rings (SSSR count). The maximum absolute atomic E-state index is 5.87. The van der Waals surface area contributed by atoms with E-state index in [1.165, 1.54) is 0 Å². The minimum Gasteiger partial charge on any atom is -0.701 e. The molecule has 0 aromatic carbocycles. The van der Waals surface area contributed by atoms with Gasteiger partial charge < -0.3 is 12.0 Å². The van der Waals surface area contributed by atoms with Gasteiger partial charge in [-0.3, -0.25) is 0 Å². The summed E-state index contributed by atoms with van der Waals surface area (Å²) in [5.74, 6) is 0. The molecule has 0 N–H and O–H groups in total. The van der Waals surface area contributed by atoms with Crippen molar-refractivity contribution >= 4 is 10.2 Å².